The second-order valence-corrected chi connectivity index (χ2v) is 5.92. The fourth-order valence-corrected chi connectivity index (χ4v) is 3.25. The molecule has 0 spiro atoms. The van der Waals surface area contributed by atoms with Gasteiger partial charge in [0.2, 0.25) is 5.91 Å². The molecule has 1 unspecified atom stereocenters. The molecular formula is C14H17N5O3S. The van der Waals surface area contributed by atoms with Gasteiger partial charge >= 0.3 is 5.97 Å². The van der Waals surface area contributed by atoms with Gasteiger partial charge in [-0.05, 0) is 19.8 Å². The van der Waals surface area contributed by atoms with Crippen LogP contribution in [0.5, 0.6) is 0 Å². The Morgan fingerprint density at radius 2 is 2.43 bits per heavy atom. The zero-order valence-corrected chi connectivity index (χ0v) is 13.4. The number of hydrogen-bond donors (Lipinski definition) is 2. The maximum atomic E-state index is 12.5. The molecule has 23 heavy (non-hydrogen) atoms. The van der Waals surface area contributed by atoms with E-state index >= 15 is 0 Å². The van der Waals surface area contributed by atoms with Crippen LogP contribution in [-0.2, 0) is 9.53 Å². The highest BCUT2D eigenvalue weighted by molar-refractivity contribution is 7.13. The highest BCUT2D eigenvalue weighted by Gasteiger charge is 2.32. The molecule has 0 aliphatic carbocycles. The van der Waals surface area contributed by atoms with Crippen LogP contribution in [0.15, 0.2) is 17.6 Å². The molecule has 3 rings (SSSR count). The van der Waals surface area contributed by atoms with Crippen molar-refractivity contribution in [2.24, 2.45) is 0 Å². The van der Waals surface area contributed by atoms with Crippen LogP contribution in [0.4, 0.5) is 10.9 Å². The van der Waals surface area contributed by atoms with E-state index in [-0.39, 0.29) is 24.2 Å². The molecule has 0 radical (unpaired) electrons. The predicted molar refractivity (Wildman–Crippen MR) is 85.7 cm³/mol. The van der Waals surface area contributed by atoms with Gasteiger partial charge in [-0.2, -0.15) is 5.10 Å². The lowest BCUT2D eigenvalue weighted by molar-refractivity contribution is -0.117. The van der Waals surface area contributed by atoms with Crippen molar-refractivity contribution in [3.05, 3.63) is 23.3 Å². The molecule has 1 atom stereocenters. The third-order valence-electron chi connectivity index (χ3n) is 3.54. The molecule has 122 valence electrons. The first-order chi connectivity index (χ1) is 11.2. The van der Waals surface area contributed by atoms with Gasteiger partial charge in [-0.1, -0.05) is 0 Å². The van der Waals surface area contributed by atoms with Crippen LogP contribution in [0.3, 0.4) is 0 Å². The molecule has 2 N–H and O–H groups in total. The van der Waals surface area contributed by atoms with E-state index in [1.54, 1.807) is 13.1 Å². The molecule has 1 amide bonds. The second-order valence-electron chi connectivity index (χ2n) is 5.04. The van der Waals surface area contributed by atoms with Crippen molar-refractivity contribution in [3.63, 3.8) is 0 Å². The number of carbonyl (C=O) groups is 2. The molecule has 0 saturated carbocycles. The van der Waals surface area contributed by atoms with E-state index in [2.05, 4.69) is 20.5 Å². The number of H-pyrrole nitrogens is 1. The van der Waals surface area contributed by atoms with E-state index in [1.165, 1.54) is 17.4 Å². The Hall–Kier alpha value is -2.42. The Kier molecular flexibility index (Phi) is 4.56. The summed E-state index contributed by atoms with van der Waals surface area (Å²) in [6.45, 7) is 2.81. The van der Waals surface area contributed by atoms with E-state index in [4.69, 9.17) is 4.74 Å². The number of nitrogens with zero attached hydrogens (tertiary/aromatic N) is 3. The minimum Gasteiger partial charge on any atom is -0.461 e. The normalized spacial score (nSPS) is 17.3. The van der Waals surface area contributed by atoms with Crippen LogP contribution in [0.25, 0.3) is 0 Å². The molecule has 3 heterocycles. The summed E-state index contributed by atoms with van der Waals surface area (Å²) in [5.74, 6) is -0.338. The molecule has 0 bridgehead atoms. The van der Waals surface area contributed by atoms with Crippen LogP contribution in [0.1, 0.15) is 30.3 Å². The smallest absolute Gasteiger partial charge is 0.356 e. The van der Waals surface area contributed by atoms with Gasteiger partial charge in [-0.3, -0.25) is 9.89 Å². The monoisotopic (exact) mass is 335 g/mol. The first-order valence-corrected chi connectivity index (χ1v) is 8.26. The Morgan fingerprint density at radius 1 is 1.57 bits per heavy atom. The first kappa shape index (κ1) is 15.5. The number of ether oxygens (including phenoxy) is 1. The van der Waals surface area contributed by atoms with Crippen molar-refractivity contribution in [1.82, 2.24) is 15.2 Å². The highest BCUT2D eigenvalue weighted by atomic mass is 32.1. The molecule has 1 saturated heterocycles. The van der Waals surface area contributed by atoms with Crippen molar-refractivity contribution in [2.45, 2.75) is 25.8 Å². The van der Waals surface area contributed by atoms with Crippen LogP contribution in [0.2, 0.25) is 0 Å². The number of rotatable bonds is 5. The number of aromatic nitrogens is 3. The lowest BCUT2D eigenvalue weighted by atomic mass is 10.2. The summed E-state index contributed by atoms with van der Waals surface area (Å²) in [5, 5.41) is 12.0. The number of esters is 1. The molecule has 9 heteroatoms. The fraction of sp³-hybridized carbons (Fsp3) is 0.429. The average molecular weight is 335 g/mol. The molecular weight excluding hydrogens is 318 g/mol. The lowest BCUT2D eigenvalue weighted by Crippen LogP contribution is -2.39. The number of aromatic amines is 1. The van der Waals surface area contributed by atoms with Gasteiger partial charge < -0.3 is 15.0 Å². The second kappa shape index (κ2) is 6.78. The number of anilines is 2. The summed E-state index contributed by atoms with van der Waals surface area (Å²) in [7, 11) is 0. The zero-order chi connectivity index (χ0) is 16.2. The third-order valence-corrected chi connectivity index (χ3v) is 4.35. The van der Waals surface area contributed by atoms with Gasteiger partial charge in [0, 0.05) is 24.2 Å². The topological polar surface area (TPSA) is 100 Å². The van der Waals surface area contributed by atoms with Crippen molar-refractivity contribution in [3.8, 4) is 0 Å². The predicted octanol–water partition coefficient (Wildman–Crippen LogP) is 1.65. The average Bonchev–Trinajstić information content (AvgIpc) is 3.27. The summed E-state index contributed by atoms with van der Waals surface area (Å²) in [4.78, 5) is 30.3. The molecule has 0 aromatic carbocycles. The summed E-state index contributed by atoms with van der Waals surface area (Å²) in [5.41, 5.74) is 0.213. The van der Waals surface area contributed by atoms with Crippen LogP contribution in [-0.4, -0.2) is 46.3 Å². The van der Waals surface area contributed by atoms with Crippen molar-refractivity contribution < 1.29 is 14.3 Å². The van der Waals surface area contributed by atoms with Gasteiger partial charge in [0.25, 0.3) is 0 Å². The molecule has 1 aliphatic rings. The van der Waals surface area contributed by atoms with E-state index in [1.807, 2.05) is 10.3 Å². The van der Waals surface area contributed by atoms with Crippen molar-refractivity contribution in [1.29, 1.82) is 0 Å². The Labute approximate surface area is 136 Å². The third kappa shape index (κ3) is 3.34. The molecule has 1 aliphatic heterocycles. The largest absolute Gasteiger partial charge is 0.461 e. The Balaban J connectivity index is 1.66. The van der Waals surface area contributed by atoms with E-state index < -0.39 is 5.97 Å². The zero-order valence-electron chi connectivity index (χ0n) is 12.6. The fourth-order valence-electron chi connectivity index (χ4n) is 2.53. The number of carbonyl (C=O) groups excluding carboxylic acids is 2. The van der Waals surface area contributed by atoms with Crippen LogP contribution in [0, 0.1) is 0 Å². The van der Waals surface area contributed by atoms with E-state index in [0.717, 1.165) is 24.5 Å². The lowest BCUT2D eigenvalue weighted by Gasteiger charge is -2.22. The summed E-state index contributed by atoms with van der Waals surface area (Å²) >= 11 is 1.51. The maximum Gasteiger partial charge on any atom is 0.356 e. The summed E-state index contributed by atoms with van der Waals surface area (Å²) in [6, 6.07) is 1.20. The SMILES string of the molecule is CCOC(=O)c1cc(NC(=O)C2CCCN2c2nccs2)n[nH]1. The molecule has 8 nitrogen and oxygen atoms in total. The minimum absolute atomic E-state index is 0.153. The minimum atomic E-state index is -0.495. The quantitative estimate of drug-likeness (QED) is 0.806. The number of hydrogen-bond acceptors (Lipinski definition) is 7. The Bertz CT molecular complexity index is 684. The van der Waals surface area contributed by atoms with Crippen LogP contribution >= 0.6 is 11.3 Å². The van der Waals surface area contributed by atoms with Gasteiger partial charge in [-0.25, -0.2) is 9.78 Å². The number of thiazole rings is 1. The summed E-state index contributed by atoms with van der Waals surface area (Å²) < 4.78 is 4.87. The van der Waals surface area contributed by atoms with Crippen molar-refractivity contribution in [2.75, 3.05) is 23.4 Å². The van der Waals surface area contributed by atoms with Gasteiger partial charge in [0.15, 0.2) is 10.9 Å². The Morgan fingerprint density at radius 3 is 3.17 bits per heavy atom. The van der Waals surface area contributed by atoms with Gasteiger partial charge in [-0.15, -0.1) is 11.3 Å². The van der Waals surface area contributed by atoms with Crippen molar-refractivity contribution >= 4 is 34.2 Å². The van der Waals surface area contributed by atoms with Crippen LogP contribution < -0.4 is 10.2 Å². The molecule has 2 aromatic rings. The standard InChI is InChI=1S/C14H17N5O3S/c1-2-22-13(21)9-8-11(18-17-9)16-12(20)10-4-3-6-19(10)14-15-5-7-23-14/h5,7-8,10H,2-4,6H2,1H3,(H2,16,17,18,20). The molecule has 2 aromatic heterocycles. The molecule has 1 fully saturated rings. The van der Waals surface area contributed by atoms with Gasteiger partial charge in [0.1, 0.15) is 11.7 Å². The van der Waals surface area contributed by atoms with Gasteiger partial charge in [0.05, 0.1) is 6.61 Å². The highest BCUT2D eigenvalue weighted by Crippen LogP contribution is 2.27. The number of amides is 1. The van der Waals surface area contributed by atoms with E-state index in [9.17, 15) is 9.59 Å². The van der Waals surface area contributed by atoms with E-state index in [0.29, 0.717) is 5.82 Å². The number of nitrogens with one attached hydrogen (secondary N) is 2. The maximum absolute atomic E-state index is 12.5. The first-order valence-electron chi connectivity index (χ1n) is 7.38. The summed E-state index contributed by atoms with van der Waals surface area (Å²) in [6.07, 6.45) is 3.43.